The second kappa shape index (κ2) is 5.59. The Morgan fingerprint density at radius 3 is 2.53 bits per heavy atom. The Hall–Kier alpha value is -1.58. The van der Waals surface area contributed by atoms with Crippen molar-refractivity contribution < 1.29 is 14.3 Å². The second-order valence-electron chi connectivity index (χ2n) is 5.75. The summed E-state index contributed by atoms with van der Waals surface area (Å²) in [5, 5.41) is 12.5. The number of carbonyl (C=O) groups excluding carboxylic acids is 1. The Bertz CT molecular complexity index is 465. The summed E-state index contributed by atoms with van der Waals surface area (Å²) in [4.78, 5) is 12.1. The monoisotopic (exact) mass is 265 g/mol. The van der Waals surface area contributed by atoms with E-state index in [0.717, 1.165) is 25.0 Å². The standard InChI is InChI=1S/C15H20FNO2/c1-9-5-10(2)7-12(6-9)17-15(19)13-8-11(16)3-4-14(13)18/h3-4,8-10,12,18H,5-7H2,1-2H3,(H,17,19). The van der Waals surface area contributed by atoms with Crippen LogP contribution in [-0.4, -0.2) is 17.1 Å². The summed E-state index contributed by atoms with van der Waals surface area (Å²) in [6.45, 7) is 4.35. The molecule has 2 rings (SSSR count). The molecule has 0 radical (unpaired) electrons. The summed E-state index contributed by atoms with van der Waals surface area (Å²) in [5.74, 6) is 0.0535. The van der Waals surface area contributed by atoms with Crippen LogP contribution in [0.4, 0.5) is 4.39 Å². The van der Waals surface area contributed by atoms with Crippen LogP contribution in [0, 0.1) is 17.7 Å². The van der Waals surface area contributed by atoms with E-state index < -0.39 is 11.7 Å². The van der Waals surface area contributed by atoms with Gasteiger partial charge >= 0.3 is 0 Å². The number of aromatic hydroxyl groups is 1. The SMILES string of the molecule is CC1CC(C)CC(NC(=O)c2cc(F)ccc2O)C1. The van der Waals surface area contributed by atoms with Gasteiger partial charge in [0.05, 0.1) is 5.56 Å². The third kappa shape index (κ3) is 3.46. The summed E-state index contributed by atoms with van der Waals surface area (Å²) in [5.41, 5.74) is 0.00544. The lowest BCUT2D eigenvalue weighted by molar-refractivity contribution is 0.0908. The van der Waals surface area contributed by atoms with Gasteiger partial charge in [-0.25, -0.2) is 4.39 Å². The van der Waals surface area contributed by atoms with Gasteiger partial charge in [-0.3, -0.25) is 4.79 Å². The van der Waals surface area contributed by atoms with Crippen LogP contribution in [0.1, 0.15) is 43.5 Å². The molecule has 0 heterocycles. The molecule has 1 aromatic rings. The number of nitrogens with one attached hydrogen (secondary N) is 1. The molecule has 0 saturated heterocycles. The van der Waals surface area contributed by atoms with Gasteiger partial charge in [0, 0.05) is 6.04 Å². The van der Waals surface area contributed by atoms with Crippen molar-refractivity contribution in [3.63, 3.8) is 0 Å². The molecule has 1 aliphatic carbocycles. The van der Waals surface area contributed by atoms with Gasteiger partial charge in [0.2, 0.25) is 0 Å². The Balaban J connectivity index is 2.06. The van der Waals surface area contributed by atoms with Crippen molar-refractivity contribution in [3.05, 3.63) is 29.6 Å². The molecule has 0 bridgehead atoms. The number of amides is 1. The van der Waals surface area contributed by atoms with Crippen molar-refractivity contribution in [3.8, 4) is 5.75 Å². The summed E-state index contributed by atoms with van der Waals surface area (Å²) < 4.78 is 13.1. The highest BCUT2D eigenvalue weighted by Crippen LogP contribution is 2.29. The first kappa shape index (κ1) is 13.8. The third-order valence-electron chi connectivity index (χ3n) is 3.72. The van der Waals surface area contributed by atoms with Crippen LogP contribution < -0.4 is 5.32 Å². The van der Waals surface area contributed by atoms with Crippen molar-refractivity contribution in [1.29, 1.82) is 0 Å². The van der Waals surface area contributed by atoms with Crippen LogP contribution in [0.2, 0.25) is 0 Å². The minimum Gasteiger partial charge on any atom is -0.507 e. The van der Waals surface area contributed by atoms with E-state index in [0.29, 0.717) is 11.8 Å². The maximum Gasteiger partial charge on any atom is 0.255 e. The van der Waals surface area contributed by atoms with Gasteiger partial charge in [-0.15, -0.1) is 0 Å². The Morgan fingerprint density at radius 1 is 1.26 bits per heavy atom. The fraction of sp³-hybridized carbons (Fsp3) is 0.533. The zero-order valence-electron chi connectivity index (χ0n) is 11.3. The van der Waals surface area contributed by atoms with Gasteiger partial charge in [0.25, 0.3) is 5.91 Å². The summed E-state index contributed by atoms with van der Waals surface area (Å²) >= 11 is 0. The number of hydrogen-bond acceptors (Lipinski definition) is 2. The smallest absolute Gasteiger partial charge is 0.255 e. The molecule has 1 amide bonds. The van der Waals surface area contributed by atoms with Gasteiger partial charge in [0.15, 0.2) is 0 Å². The molecule has 2 unspecified atom stereocenters. The molecule has 0 aliphatic heterocycles. The number of hydrogen-bond donors (Lipinski definition) is 2. The molecule has 2 N–H and O–H groups in total. The molecular weight excluding hydrogens is 245 g/mol. The largest absolute Gasteiger partial charge is 0.507 e. The van der Waals surface area contributed by atoms with Crippen molar-refractivity contribution in [2.75, 3.05) is 0 Å². The number of phenolic OH excluding ortho intramolecular Hbond substituents is 1. The van der Waals surface area contributed by atoms with Gasteiger partial charge in [0.1, 0.15) is 11.6 Å². The zero-order valence-corrected chi connectivity index (χ0v) is 11.3. The van der Waals surface area contributed by atoms with E-state index in [9.17, 15) is 14.3 Å². The molecule has 0 aromatic heterocycles. The summed E-state index contributed by atoms with van der Waals surface area (Å²) in [7, 11) is 0. The Labute approximate surface area is 112 Å². The first-order chi connectivity index (χ1) is 8.95. The van der Waals surface area contributed by atoms with Crippen molar-refractivity contribution in [2.24, 2.45) is 11.8 Å². The highest BCUT2D eigenvalue weighted by Gasteiger charge is 2.26. The predicted molar refractivity (Wildman–Crippen MR) is 71.5 cm³/mol. The van der Waals surface area contributed by atoms with Crippen LogP contribution in [0.25, 0.3) is 0 Å². The molecule has 104 valence electrons. The summed E-state index contributed by atoms with van der Waals surface area (Å²) in [6, 6.07) is 3.52. The highest BCUT2D eigenvalue weighted by atomic mass is 19.1. The molecule has 4 heteroatoms. The van der Waals surface area contributed by atoms with E-state index in [1.165, 1.54) is 12.5 Å². The summed E-state index contributed by atoms with van der Waals surface area (Å²) in [6.07, 6.45) is 3.05. The molecule has 1 aromatic carbocycles. The number of carbonyl (C=O) groups is 1. The average Bonchev–Trinajstić information content (AvgIpc) is 2.30. The average molecular weight is 265 g/mol. The van der Waals surface area contributed by atoms with Crippen LogP contribution >= 0.6 is 0 Å². The second-order valence-corrected chi connectivity index (χ2v) is 5.75. The normalized spacial score (nSPS) is 27.0. The lowest BCUT2D eigenvalue weighted by atomic mass is 9.80. The van der Waals surface area contributed by atoms with Gasteiger partial charge in [-0.1, -0.05) is 13.8 Å². The zero-order chi connectivity index (χ0) is 14.0. The molecule has 1 saturated carbocycles. The fourth-order valence-corrected chi connectivity index (χ4v) is 3.02. The molecule has 1 fully saturated rings. The lowest BCUT2D eigenvalue weighted by Crippen LogP contribution is -2.40. The van der Waals surface area contributed by atoms with Crippen LogP contribution in [-0.2, 0) is 0 Å². The number of halogens is 1. The van der Waals surface area contributed by atoms with E-state index in [4.69, 9.17) is 0 Å². The first-order valence-corrected chi connectivity index (χ1v) is 6.75. The minimum absolute atomic E-state index is 0.00544. The first-order valence-electron chi connectivity index (χ1n) is 6.75. The third-order valence-corrected chi connectivity index (χ3v) is 3.72. The van der Waals surface area contributed by atoms with Gasteiger partial charge in [-0.05, 0) is 49.3 Å². The molecule has 19 heavy (non-hydrogen) atoms. The number of rotatable bonds is 2. The predicted octanol–water partition coefficient (Wildman–Crippen LogP) is 3.09. The highest BCUT2D eigenvalue weighted by molar-refractivity contribution is 5.96. The molecule has 2 atom stereocenters. The number of phenols is 1. The molecule has 3 nitrogen and oxygen atoms in total. The fourth-order valence-electron chi connectivity index (χ4n) is 3.02. The molecule has 1 aliphatic rings. The topological polar surface area (TPSA) is 49.3 Å². The quantitative estimate of drug-likeness (QED) is 0.863. The van der Waals surface area contributed by atoms with Gasteiger partial charge < -0.3 is 10.4 Å². The maximum absolute atomic E-state index is 13.1. The van der Waals surface area contributed by atoms with Crippen molar-refractivity contribution in [2.45, 2.75) is 39.2 Å². The van der Waals surface area contributed by atoms with E-state index in [1.807, 2.05) is 0 Å². The minimum atomic E-state index is -0.520. The van der Waals surface area contributed by atoms with Gasteiger partial charge in [-0.2, -0.15) is 0 Å². The number of benzene rings is 1. The van der Waals surface area contributed by atoms with Crippen molar-refractivity contribution >= 4 is 5.91 Å². The van der Waals surface area contributed by atoms with Crippen LogP contribution in [0.5, 0.6) is 5.75 Å². The van der Waals surface area contributed by atoms with E-state index in [1.54, 1.807) is 0 Å². The lowest BCUT2D eigenvalue weighted by Gasteiger charge is -2.32. The van der Waals surface area contributed by atoms with E-state index >= 15 is 0 Å². The Morgan fingerprint density at radius 2 is 1.89 bits per heavy atom. The maximum atomic E-state index is 13.1. The van der Waals surface area contributed by atoms with Crippen molar-refractivity contribution in [1.82, 2.24) is 5.32 Å². The van der Waals surface area contributed by atoms with Crippen LogP contribution in [0.3, 0.4) is 0 Å². The van der Waals surface area contributed by atoms with E-state index in [-0.39, 0.29) is 17.4 Å². The Kier molecular flexibility index (Phi) is 4.08. The van der Waals surface area contributed by atoms with E-state index in [2.05, 4.69) is 19.2 Å². The molecule has 0 spiro atoms. The molecular formula is C15H20FNO2. The van der Waals surface area contributed by atoms with Crippen LogP contribution in [0.15, 0.2) is 18.2 Å².